The van der Waals surface area contributed by atoms with Crippen LogP contribution in [0.4, 0.5) is 0 Å². The number of carbonyl (C=O) groups excluding carboxylic acids is 1. The Bertz CT molecular complexity index is 820. The van der Waals surface area contributed by atoms with Crippen molar-refractivity contribution in [2.24, 2.45) is 5.92 Å². The molecule has 1 unspecified atom stereocenters. The van der Waals surface area contributed by atoms with Gasteiger partial charge in [0.05, 0.1) is 6.61 Å². The number of ether oxygens (including phenoxy) is 1. The number of pyridine rings is 1. The van der Waals surface area contributed by atoms with Crippen LogP contribution in [0.5, 0.6) is 0 Å². The van der Waals surface area contributed by atoms with E-state index in [-0.39, 0.29) is 5.91 Å². The normalized spacial score (nSPS) is 22.8. The van der Waals surface area contributed by atoms with Crippen LogP contribution in [0, 0.1) is 5.92 Å². The van der Waals surface area contributed by atoms with Gasteiger partial charge in [-0.15, -0.1) is 0 Å². The molecule has 1 saturated heterocycles. The maximum atomic E-state index is 13.2. The summed E-state index contributed by atoms with van der Waals surface area (Å²) in [6.45, 7) is 3.27. The number of morpholine rings is 1. The number of aromatic nitrogens is 1. The van der Waals surface area contributed by atoms with E-state index in [0.29, 0.717) is 19.6 Å². The van der Waals surface area contributed by atoms with Crippen LogP contribution in [0.15, 0.2) is 48.8 Å². The second-order valence-corrected chi connectivity index (χ2v) is 8.34. The average Bonchev–Trinajstić information content (AvgIpc) is 3.52. The van der Waals surface area contributed by atoms with Crippen molar-refractivity contribution in [2.45, 2.75) is 24.9 Å². The highest BCUT2D eigenvalue weighted by atomic mass is 16.5. The molecule has 1 amide bonds. The number of hydrogen-bond acceptors (Lipinski definition) is 4. The number of hydrogen-bond donors (Lipinski definition) is 0. The second-order valence-electron chi connectivity index (χ2n) is 8.34. The highest BCUT2D eigenvalue weighted by molar-refractivity contribution is 5.86. The minimum Gasteiger partial charge on any atom is -0.362 e. The minimum atomic E-state index is -0.815. The van der Waals surface area contributed by atoms with Crippen LogP contribution in [0.1, 0.15) is 18.4 Å². The van der Waals surface area contributed by atoms with Gasteiger partial charge in [-0.25, -0.2) is 0 Å². The molecule has 5 heteroatoms. The molecule has 5 nitrogen and oxygen atoms in total. The molecule has 1 aliphatic heterocycles. The van der Waals surface area contributed by atoms with E-state index in [2.05, 4.69) is 40.2 Å². The summed E-state index contributed by atoms with van der Waals surface area (Å²) in [6, 6.07) is 12.4. The van der Waals surface area contributed by atoms with Gasteiger partial charge < -0.3 is 9.64 Å². The van der Waals surface area contributed by atoms with Crippen LogP contribution >= 0.6 is 0 Å². The monoisotopic (exact) mass is 379 g/mol. The predicted molar refractivity (Wildman–Crippen MR) is 110 cm³/mol. The van der Waals surface area contributed by atoms with Crippen LogP contribution in [-0.4, -0.2) is 66.6 Å². The number of likely N-dealkylation sites (N-methyl/N-ethyl adjacent to an activating group) is 1. The van der Waals surface area contributed by atoms with Crippen LogP contribution in [0.25, 0.3) is 11.1 Å². The van der Waals surface area contributed by atoms with Gasteiger partial charge in [0, 0.05) is 52.5 Å². The van der Waals surface area contributed by atoms with E-state index < -0.39 is 5.60 Å². The smallest absolute Gasteiger partial charge is 0.255 e. The van der Waals surface area contributed by atoms with Crippen molar-refractivity contribution in [3.63, 3.8) is 0 Å². The van der Waals surface area contributed by atoms with Gasteiger partial charge in [0.15, 0.2) is 5.60 Å². The third-order valence-corrected chi connectivity index (χ3v) is 5.69. The van der Waals surface area contributed by atoms with E-state index in [4.69, 9.17) is 4.74 Å². The molecule has 1 aromatic carbocycles. The topological polar surface area (TPSA) is 45.7 Å². The molecule has 2 aliphatic rings. The summed E-state index contributed by atoms with van der Waals surface area (Å²) < 4.78 is 6.23. The lowest BCUT2D eigenvalue weighted by Crippen LogP contribution is -2.61. The summed E-state index contributed by atoms with van der Waals surface area (Å²) in [5.74, 6) is 0.860. The molecule has 28 heavy (non-hydrogen) atoms. The lowest BCUT2D eigenvalue weighted by atomic mass is 9.89. The van der Waals surface area contributed by atoms with Gasteiger partial charge in [-0.2, -0.15) is 0 Å². The molecule has 1 atom stereocenters. The molecule has 0 bridgehead atoms. The molecule has 4 rings (SSSR count). The van der Waals surface area contributed by atoms with E-state index in [1.807, 2.05) is 26.4 Å². The zero-order chi connectivity index (χ0) is 19.6. The van der Waals surface area contributed by atoms with Crippen LogP contribution in [0.2, 0.25) is 0 Å². The van der Waals surface area contributed by atoms with Crippen molar-refractivity contribution in [3.05, 3.63) is 54.4 Å². The van der Waals surface area contributed by atoms with Gasteiger partial charge in [0.2, 0.25) is 0 Å². The van der Waals surface area contributed by atoms with Crippen LogP contribution in [0.3, 0.4) is 0 Å². The van der Waals surface area contributed by atoms with Crippen molar-refractivity contribution in [1.82, 2.24) is 14.8 Å². The Morgan fingerprint density at radius 3 is 2.79 bits per heavy atom. The van der Waals surface area contributed by atoms with Crippen molar-refractivity contribution in [1.29, 1.82) is 0 Å². The number of nitrogens with zero attached hydrogens (tertiary/aromatic N) is 3. The van der Waals surface area contributed by atoms with Crippen LogP contribution in [-0.2, 0) is 16.0 Å². The molecule has 0 radical (unpaired) electrons. The number of benzene rings is 1. The van der Waals surface area contributed by atoms with Gasteiger partial charge in [0.1, 0.15) is 0 Å². The summed E-state index contributed by atoms with van der Waals surface area (Å²) in [4.78, 5) is 21.5. The first-order valence-electron chi connectivity index (χ1n) is 10.1. The van der Waals surface area contributed by atoms with E-state index in [1.54, 1.807) is 11.1 Å². The summed E-state index contributed by atoms with van der Waals surface area (Å²) in [5.41, 5.74) is 2.50. The van der Waals surface area contributed by atoms with E-state index in [1.165, 1.54) is 12.8 Å². The largest absolute Gasteiger partial charge is 0.362 e. The molecule has 148 valence electrons. The fourth-order valence-corrected chi connectivity index (χ4v) is 4.12. The molecule has 0 spiro atoms. The molecule has 1 aromatic heterocycles. The zero-order valence-electron chi connectivity index (χ0n) is 16.8. The maximum Gasteiger partial charge on any atom is 0.255 e. The SMILES string of the molecule is CN(C)C(=O)C1(Cc2cccc(-c3cccnc3)c2)CN(CC2CC2)CCO1. The Balaban J connectivity index is 1.60. The zero-order valence-corrected chi connectivity index (χ0v) is 16.8. The quantitative estimate of drug-likeness (QED) is 0.774. The summed E-state index contributed by atoms with van der Waals surface area (Å²) in [5, 5.41) is 0. The Morgan fingerprint density at radius 2 is 2.07 bits per heavy atom. The van der Waals surface area contributed by atoms with Gasteiger partial charge in [0.25, 0.3) is 5.91 Å². The van der Waals surface area contributed by atoms with Crippen molar-refractivity contribution < 1.29 is 9.53 Å². The lowest BCUT2D eigenvalue weighted by Gasteiger charge is -2.43. The molecule has 1 aliphatic carbocycles. The first kappa shape index (κ1) is 19.1. The van der Waals surface area contributed by atoms with Crippen molar-refractivity contribution in [2.75, 3.05) is 40.3 Å². The van der Waals surface area contributed by atoms with Crippen LogP contribution < -0.4 is 0 Å². The fraction of sp³-hybridized carbons (Fsp3) is 0.478. The first-order chi connectivity index (χ1) is 13.6. The molecular formula is C23H29N3O2. The Kier molecular flexibility index (Phi) is 5.47. The average molecular weight is 380 g/mol. The molecule has 2 heterocycles. The lowest BCUT2D eigenvalue weighted by molar-refractivity contribution is -0.168. The van der Waals surface area contributed by atoms with Gasteiger partial charge in [-0.3, -0.25) is 14.7 Å². The fourth-order valence-electron chi connectivity index (χ4n) is 4.12. The first-order valence-corrected chi connectivity index (χ1v) is 10.1. The van der Waals surface area contributed by atoms with E-state index in [9.17, 15) is 4.79 Å². The maximum absolute atomic E-state index is 13.2. The number of carbonyl (C=O) groups is 1. The summed E-state index contributed by atoms with van der Waals surface area (Å²) in [7, 11) is 3.64. The second kappa shape index (κ2) is 8.02. The highest BCUT2D eigenvalue weighted by Crippen LogP contribution is 2.33. The highest BCUT2D eigenvalue weighted by Gasteiger charge is 2.45. The van der Waals surface area contributed by atoms with Gasteiger partial charge >= 0.3 is 0 Å². The van der Waals surface area contributed by atoms with Gasteiger partial charge in [-0.1, -0.05) is 30.3 Å². The Morgan fingerprint density at radius 1 is 1.25 bits per heavy atom. The summed E-state index contributed by atoms with van der Waals surface area (Å²) in [6.07, 6.45) is 6.87. The van der Waals surface area contributed by atoms with E-state index in [0.717, 1.165) is 35.7 Å². The molecule has 1 saturated carbocycles. The third-order valence-electron chi connectivity index (χ3n) is 5.69. The molecular weight excluding hydrogens is 350 g/mol. The number of amides is 1. The molecule has 2 aromatic rings. The molecule has 0 N–H and O–H groups in total. The van der Waals surface area contributed by atoms with E-state index >= 15 is 0 Å². The number of rotatable bonds is 6. The third kappa shape index (κ3) is 4.26. The predicted octanol–water partition coefficient (Wildman–Crippen LogP) is 2.86. The standard InChI is InChI=1S/C23H29N3O2/c1-25(2)22(27)23(17-26(11-12-28-23)16-18-8-9-18)14-19-5-3-6-20(13-19)21-7-4-10-24-15-21/h3-7,10,13,15,18H,8-9,11-12,14,16-17H2,1-2H3. The Hall–Kier alpha value is -2.24. The molecule has 2 fully saturated rings. The minimum absolute atomic E-state index is 0.0553. The summed E-state index contributed by atoms with van der Waals surface area (Å²) >= 11 is 0. The van der Waals surface area contributed by atoms with Crippen molar-refractivity contribution >= 4 is 5.91 Å². The Labute approximate surface area is 167 Å². The van der Waals surface area contributed by atoms with Crippen molar-refractivity contribution in [3.8, 4) is 11.1 Å². The van der Waals surface area contributed by atoms with Gasteiger partial charge in [-0.05, 0) is 41.5 Å².